The first-order valence-corrected chi connectivity index (χ1v) is 7.17. The van der Waals surface area contributed by atoms with Crippen LogP contribution in [0.2, 0.25) is 0 Å². The molecule has 5 nitrogen and oxygen atoms in total. The van der Waals surface area contributed by atoms with Crippen molar-refractivity contribution in [3.05, 3.63) is 0 Å². The Morgan fingerprint density at radius 1 is 1.19 bits per heavy atom. The predicted octanol–water partition coefficient (Wildman–Crippen LogP) is 0.807. The van der Waals surface area contributed by atoms with Crippen LogP contribution in [-0.4, -0.2) is 55.1 Å². The summed E-state index contributed by atoms with van der Waals surface area (Å²) in [6, 6.07) is 0.0546. The van der Waals surface area contributed by atoms with Crippen LogP contribution < -0.4 is 5.32 Å². The number of hydrogen-bond acceptors (Lipinski definition) is 5. The first-order valence-electron chi connectivity index (χ1n) is 5.44. The monoisotopic (exact) mass is 251 g/mol. The molecular weight excluding hydrogens is 226 g/mol. The molecule has 0 spiro atoms. The Balaban J connectivity index is 5.26. The molecule has 0 amide bonds. The lowest BCUT2D eigenvalue weighted by Gasteiger charge is -2.44. The zero-order valence-corrected chi connectivity index (χ0v) is 12.4. The quantitative estimate of drug-likeness (QED) is 0.647. The summed E-state index contributed by atoms with van der Waals surface area (Å²) in [6.45, 7) is 6.50. The SMILES string of the molecule is CCOC(C)(C(C)NC)[Si](OC)(OC)OC. The van der Waals surface area contributed by atoms with E-state index in [1.807, 2.05) is 27.8 Å². The van der Waals surface area contributed by atoms with E-state index in [9.17, 15) is 0 Å². The maximum Gasteiger partial charge on any atom is 0.535 e. The number of rotatable bonds is 8. The van der Waals surface area contributed by atoms with Gasteiger partial charge in [-0.15, -0.1) is 0 Å². The van der Waals surface area contributed by atoms with Crippen molar-refractivity contribution in [1.82, 2.24) is 5.32 Å². The van der Waals surface area contributed by atoms with E-state index in [1.165, 1.54) is 0 Å². The number of nitrogens with one attached hydrogen (secondary N) is 1. The molecule has 0 radical (unpaired) electrons. The van der Waals surface area contributed by atoms with Gasteiger partial charge in [0.2, 0.25) is 0 Å². The van der Waals surface area contributed by atoms with Crippen LogP contribution in [0.5, 0.6) is 0 Å². The largest absolute Gasteiger partial charge is 0.535 e. The third-order valence-corrected chi connectivity index (χ3v) is 6.52. The fourth-order valence-electron chi connectivity index (χ4n) is 1.91. The van der Waals surface area contributed by atoms with E-state index in [1.54, 1.807) is 21.3 Å². The van der Waals surface area contributed by atoms with Gasteiger partial charge in [-0.1, -0.05) is 0 Å². The van der Waals surface area contributed by atoms with Crippen molar-refractivity contribution in [1.29, 1.82) is 0 Å². The third kappa shape index (κ3) is 2.64. The number of hydrogen-bond donors (Lipinski definition) is 1. The number of ether oxygens (including phenoxy) is 1. The van der Waals surface area contributed by atoms with Crippen LogP contribution in [0.15, 0.2) is 0 Å². The topological polar surface area (TPSA) is 49.0 Å². The molecule has 6 heteroatoms. The summed E-state index contributed by atoms with van der Waals surface area (Å²) in [5.41, 5.74) is 0. The molecule has 0 aromatic rings. The summed E-state index contributed by atoms with van der Waals surface area (Å²) >= 11 is 0. The maximum atomic E-state index is 5.84. The maximum absolute atomic E-state index is 5.84. The molecule has 1 N–H and O–H groups in total. The average molecular weight is 251 g/mol. The van der Waals surface area contributed by atoms with Crippen molar-refractivity contribution in [3.8, 4) is 0 Å². The minimum Gasteiger partial charge on any atom is -0.375 e. The molecule has 0 aliphatic carbocycles. The van der Waals surface area contributed by atoms with Crippen LogP contribution in [0.1, 0.15) is 20.8 Å². The molecule has 2 atom stereocenters. The standard InChI is InChI=1S/C10H25NO4Si/c1-8-15-10(3,9(2)11-4)16(12-5,13-6)14-7/h9,11H,8H2,1-7H3. The highest BCUT2D eigenvalue weighted by atomic mass is 28.4. The molecule has 0 saturated carbocycles. The zero-order valence-electron chi connectivity index (χ0n) is 11.4. The van der Waals surface area contributed by atoms with Crippen LogP contribution in [0.4, 0.5) is 0 Å². The van der Waals surface area contributed by atoms with Crippen molar-refractivity contribution >= 4 is 8.80 Å². The van der Waals surface area contributed by atoms with Crippen molar-refractivity contribution in [2.75, 3.05) is 35.0 Å². The van der Waals surface area contributed by atoms with Gasteiger partial charge in [0.05, 0.1) is 0 Å². The molecule has 0 fully saturated rings. The molecule has 0 saturated heterocycles. The normalized spacial score (nSPS) is 18.2. The van der Waals surface area contributed by atoms with Crippen LogP contribution in [0, 0.1) is 0 Å². The Kier molecular flexibility index (Phi) is 6.69. The van der Waals surface area contributed by atoms with E-state index in [4.69, 9.17) is 18.0 Å². The highest BCUT2D eigenvalue weighted by Crippen LogP contribution is 2.30. The first kappa shape index (κ1) is 16.0. The van der Waals surface area contributed by atoms with Crippen molar-refractivity contribution in [2.24, 2.45) is 0 Å². The fourth-order valence-corrected chi connectivity index (χ4v) is 4.62. The van der Waals surface area contributed by atoms with Crippen molar-refractivity contribution in [2.45, 2.75) is 32.0 Å². The summed E-state index contributed by atoms with van der Waals surface area (Å²) in [5, 5.41) is 2.55. The van der Waals surface area contributed by atoms with Crippen LogP contribution in [0.3, 0.4) is 0 Å². The summed E-state index contributed by atoms with van der Waals surface area (Å²) in [6.07, 6.45) is 0. The lowest BCUT2D eigenvalue weighted by atomic mass is 10.2. The molecule has 0 aliphatic heterocycles. The molecule has 0 bridgehead atoms. The molecule has 16 heavy (non-hydrogen) atoms. The van der Waals surface area contributed by atoms with Crippen molar-refractivity contribution < 1.29 is 18.0 Å². The number of likely N-dealkylation sites (N-methyl/N-ethyl adjacent to an activating group) is 1. The second kappa shape index (κ2) is 6.68. The van der Waals surface area contributed by atoms with Crippen LogP contribution >= 0.6 is 0 Å². The average Bonchev–Trinajstić information content (AvgIpc) is 2.31. The van der Waals surface area contributed by atoms with Crippen molar-refractivity contribution in [3.63, 3.8) is 0 Å². The van der Waals surface area contributed by atoms with E-state index in [-0.39, 0.29) is 6.04 Å². The van der Waals surface area contributed by atoms with Gasteiger partial charge in [-0.05, 0) is 27.8 Å². The third-order valence-electron chi connectivity index (χ3n) is 3.12. The molecule has 0 heterocycles. The van der Waals surface area contributed by atoms with E-state index in [0.717, 1.165) is 0 Å². The first-order chi connectivity index (χ1) is 7.47. The summed E-state index contributed by atoms with van der Waals surface area (Å²) < 4.78 is 22.4. The molecule has 0 aliphatic rings. The fraction of sp³-hybridized carbons (Fsp3) is 1.00. The van der Waals surface area contributed by atoms with Gasteiger partial charge in [-0.2, -0.15) is 0 Å². The minimum absolute atomic E-state index is 0.0546. The Bertz CT molecular complexity index is 193. The molecular formula is C10H25NO4Si. The van der Waals surface area contributed by atoms with Gasteiger partial charge in [0.25, 0.3) is 0 Å². The van der Waals surface area contributed by atoms with Gasteiger partial charge in [0, 0.05) is 34.0 Å². The second-order valence-corrected chi connectivity index (χ2v) is 7.05. The Labute approximate surface area is 99.8 Å². The highest BCUT2D eigenvalue weighted by Gasteiger charge is 2.60. The lowest BCUT2D eigenvalue weighted by molar-refractivity contribution is -0.0584. The summed E-state index contributed by atoms with van der Waals surface area (Å²) in [7, 11) is 3.80. The Hall–Kier alpha value is 0.0169. The Morgan fingerprint density at radius 2 is 1.62 bits per heavy atom. The van der Waals surface area contributed by atoms with E-state index in [2.05, 4.69) is 5.32 Å². The molecule has 0 aromatic heterocycles. The van der Waals surface area contributed by atoms with E-state index < -0.39 is 14.0 Å². The summed E-state index contributed by atoms with van der Waals surface area (Å²) in [5.74, 6) is 0. The second-order valence-electron chi connectivity index (χ2n) is 3.72. The lowest BCUT2D eigenvalue weighted by Crippen LogP contribution is -2.70. The minimum atomic E-state index is -2.86. The van der Waals surface area contributed by atoms with E-state index >= 15 is 0 Å². The summed E-state index contributed by atoms with van der Waals surface area (Å²) in [4.78, 5) is 0. The molecule has 0 aromatic carbocycles. The molecule has 98 valence electrons. The highest BCUT2D eigenvalue weighted by molar-refractivity contribution is 6.64. The van der Waals surface area contributed by atoms with Crippen LogP contribution in [-0.2, 0) is 18.0 Å². The van der Waals surface area contributed by atoms with E-state index in [0.29, 0.717) is 6.61 Å². The van der Waals surface area contributed by atoms with Gasteiger partial charge in [0.15, 0.2) is 0 Å². The predicted molar refractivity (Wildman–Crippen MR) is 65.3 cm³/mol. The molecule has 0 rings (SSSR count). The van der Waals surface area contributed by atoms with Gasteiger partial charge in [-0.25, -0.2) is 0 Å². The zero-order chi connectivity index (χ0) is 12.8. The smallest absolute Gasteiger partial charge is 0.375 e. The Morgan fingerprint density at radius 3 is 1.88 bits per heavy atom. The van der Waals surface area contributed by atoms with Crippen LogP contribution in [0.25, 0.3) is 0 Å². The van der Waals surface area contributed by atoms with Gasteiger partial charge < -0.3 is 23.3 Å². The molecule has 2 unspecified atom stereocenters. The van der Waals surface area contributed by atoms with Gasteiger partial charge >= 0.3 is 8.80 Å². The van der Waals surface area contributed by atoms with Gasteiger partial charge in [0.1, 0.15) is 5.22 Å². The van der Waals surface area contributed by atoms with Gasteiger partial charge in [-0.3, -0.25) is 0 Å².